The molecule has 0 aliphatic carbocycles. The van der Waals surface area contributed by atoms with Gasteiger partial charge >= 0.3 is 5.97 Å². The lowest BCUT2D eigenvalue weighted by Gasteiger charge is -2.09. The molecule has 0 spiro atoms. The van der Waals surface area contributed by atoms with E-state index < -0.39 is 5.97 Å². The molecule has 18 heavy (non-hydrogen) atoms. The summed E-state index contributed by atoms with van der Waals surface area (Å²) in [6, 6.07) is 10.5. The monoisotopic (exact) mass is 244 g/mol. The number of benzene rings is 1. The second-order valence-corrected chi connectivity index (χ2v) is 3.51. The number of anilines is 1. The molecule has 92 valence electrons. The molecule has 0 unspecified atom stereocenters. The number of nitrogens with zero attached hydrogens (tertiary/aromatic N) is 1. The molecule has 0 amide bonds. The molecule has 1 aromatic carbocycles. The number of hydrogen-bond acceptors (Lipinski definition) is 5. The smallest absolute Gasteiger partial charge is 0.341 e. The van der Waals surface area contributed by atoms with E-state index in [1.807, 2.05) is 18.2 Å². The van der Waals surface area contributed by atoms with Crippen molar-refractivity contribution < 1.29 is 14.3 Å². The zero-order valence-electron chi connectivity index (χ0n) is 9.79. The summed E-state index contributed by atoms with van der Waals surface area (Å²) < 4.78 is 10.2. The van der Waals surface area contributed by atoms with Gasteiger partial charge in [-0.15, -0.1) is 0 Å². The summed E-state index contributed by atoms with van der Waals surface area (Å²) in [6.45, 7) is 0. The molecular weight excluding hydrogens is 232 g/mol. The highest BCUT2D eigenvalue weighted by atomic mass is 16.5. The number of hydrogen-bond donors (Lipinski definition) is 1. The highest BCUT2D eigenvalue weighted by Crippen LogP contribution is 2.26. The maximum atomic E-state index is 11.6. The molecule has 2 rings (SSSR count). The molecule has 2 aromatic rings. The van der Waals surface area contributed by atoms with E-state index in [0.29, 0.717) is 11.5 Å². The van der Waals surface area contributed by atoms with Crippen molar-refractivity contribution in [1.29, 1.82) is 0 Å². The van der Waals surface area contributed by atoms with E-state index in [0.717, 1.165) is 0 Å². The van der Waals surface area contributed by atoms with Crippen LogP contribution in [0.25, 0.3) is 0 Å². The number of pyridine rings is 1. The number of ether oxygens (including phenoxy) is 2. The van der Waals surface area contributed by atoms with E-state index in [-0.39, 0.29) is 11.4 Å². The largest absolute Gasteiger partial charge is 0.465 e. The lowest BCUT2D eigenvalue weighted by molar-refractivity contribution is 0.0598. The third-order valence-electron chi connectivity index (χ3n) is 2.26. The van der Waals surface area contributed by atoms with Crippen LogP contribution in [-0.4, -0.2) is 18.1 Å². The third-order valence-corrected chi connectivity index (χ3v) is 2.26. The van der Waals surface area contributed by atoms with Gasteiger partial charge in [-0.1, -0.05) is 18.2 Å². The van der Waals surface area contributed by atoms with Crippen molar-refractivity contribution in [3.8, 4) is 11.5 Å². The predicted octanol–water partition coefficient (Wildman–Crippen LogP) is 2.24. The Balaban J connectivity index is 2.35. The Labute approximate surface area is 104 Å². The number of nitrogen functional groups attached to an aromatic ring is 1. The SMILES string of the molecule is COC(=O)c1cc(N)ncc1Oc1ccccc1. The zero-order chi connectivity index (χ0) is 13.0. The van der Waals surface area contributed by atoms with E-state index in [1.54, 1.807) is 12.1 Å². The summed E-state index contributed by atoms with van der Waals surface area (Å²) in [5.74, 6) is 0.627. The summed E-state index contributed by atoms with van der Waals surface area (Å²) in [4.78, 5) is 15.5. The van der Waals surface area contributed by atoms with Gasteiger partial charge in [-0.2, -0.15) is 0 Å². The number of aromatic nitrogens is 1. The van der Waals surface area contributed by atoms with Crippen molar-refractivity contribution in [1.82, 2.24) is 4.98 Å². The highest BCUT2D eigenvalue weighted by Gasteiger charge is 2.14. The molecule has 1 aromatic heterocycles. The van der Waals surface area contributed by atoms with Crippen LogP contribution in [-0.2, 0) is 4.74 Å². The molecule has 2 N–H and O–H groups in total. The zero-order valence-corrected chi connectivity index (χ0v) is 9.79. The molecule has 5 nitrogen and oxygen atoms in total. The van der Waals surface area contributed by atoms with Crippen molar-refractivity contribution in [3.05, 3.63) is 48.2 Å². The summed E-state index contributed by atoms with van der Waals surface area (Å²) in [6.07, 6.45) is 1.40. The van der Waals surface area contributed by atoms with Gasteiger partial charge < -0.3 is 15.2 Å². The fourth-order valence-electron chi connectivity index (χ4n) is 1.43. The Bertz CT molecular complexity index is 555. The Morgan fingerprint density at radius 2 is 2.00 bits per heavy atom. The van der Waals surface area contributed by atoms with E-state index in [4.69, 9.17) is 10.5 Å². The Hall–Kier alpha value is -2.56. The third kappa shape index (κ3) is 2.57. The number of rotatable bonds is 3. The highest BCUT2D eigenvalue weighted by molar-refractivity contribution is 5.93. The lowest BCUT2D eigenvalue weighted by atomic mass is 10.2. The van der Waals surface area contributed by atoms with Crippen molar-refractivity contribution in [3.63, 3.8) is 0 Å². The summed E-state index contributed by atoms with van der Waals surface area (Å²) in [7, 11) is 1.30. The van der Waals surface area contributed by atoms with E-state index in [1.165, 1.54) is 19.4 Å². The van der Waals surface area contributed by atoms with Gasteiger partial charge in [0, 0.05) is 0 Å². The van der Waals surface area contributed by atoms with Gasteiger partial charge in [-0.25, -0.2) is 9.78 Å². The van der Waals surface area contributed by atoms with Crippen LogP contribution in [0, 0.1) is 0 Å². The van der Waals surface area contributed by atoms with Crippen molar-refractivity contribution in [2.24, 2.45) is 0 Å². The minimum absolute atomic E-state index is 0.232. The topological polar surface area (TPSA) is 74.4 Å². The number of esters is 1. The molecule has 5 heteroatoms. The minimum atomic E-state index is -0.518. The van der Waals surface area contributed by atoms with Crippen molar-refractivity contribution in [2.75, 3.05) is 12.8 Å². The fourth-order valence-corrected chi connectivity index (χ4v) is 1.43. The van der Waals surface area contributed by atoms with Crippen LogP contribution in [0.1, 0.15) is 10.4 Å². The van der Waals surface area contributed by atoms with Gasteiger partial charge in [0.05, 0.1) is 13.3 Å². The summed E-state index contributed by atoms with van der Waals surface area (Å²) in [5.41, 5.74) is 5.78. The lowest BCUT2D eigenvalue weighted by Crippen LogP contribution is -2.05. The van der Waals surface area contributed by atoms with Crippen LogP contribution in [0.15, 0.2) is 42.6 Å². The molecule has 0 saturated heterocycles. The standard InChI is InChI=1S/C13H12N2O3/c1-17-13(16)10-7-12(14)15-8-11(10)18-9-5-3-2-4-6-9/h2-8H,1H3,(H2,14,15). The average molecular weight is 244 g/mol. The molecule has 0 bridgehead atoms. The van der Waals surface area contributed by atoms with Crippen LogP contribution in [0.4, 0.5) is 5.82 Å². The number of carbonyl (C=O) groups excluding carboxylic acids is 1. The van der Waals surface area contributed by atoms with Gasteiger partial charge in [0.15, 0.2) is 5.75 Å². The first kappa shape index (κ1) is 11.9. The Kier molecular flexibility index (Phi) is 3.43. The maximum Gasteiger partial charge on any atom is 0.341 e. The molecule has 0 aliphatic rings. The minimum Gasteiger partial charge on any atom is -0.465 e. The second-order valence-electron chi connectivity index (χ2n) is 3.51. The molecule has 0 saturated carbocycles. The molecule has 0 radical (unpaired) electrons. The maximum absolute atomic E-state index is 11.6. The molecule has 0 fully saturated rings. The molecule has 0 atom stereocenters. The molecular formula is C13H12N2O3. The van der Waals surface area contributed by atoms with Crippen molar-refractivity contribution >= 4 is 11.8 Å². The van der Waals surface area contributed by atoms with Crippen molar-refractivity contribution in [2.45, 2.75) is 0 Å². The number of para-hydroxylation sites is 1. The van der Waals surface area contributed by atoms with Crippen LogP contribution < -0.4 is 10.5 Å². The van der Waals surface area contributed by atoms with E-state index in [9.17, 15) is 4.79 Å². The number of nitrogens with two attached hydrogens (primary N) is 1. The summed E-state index contributed by atoms with van der Waals surface area (Å²) in [5, 5.41) is 0. The van der Waals surface area contributed by atoms with Crippen LogP contribution >= 0.6 is 0 Å². The Morgan fingerprint density at radius 3 is 2.67 bits per heavy atom. The van der Waals surface area contributed by atoms with E-state index >= 15 is 0 Å². The van der Waals surface area contributed by atoms with Crippen LogP contribution in [0.5, 0.6) is 11.5 Å². The van der Waals surface area contributed by atoms with Gasteiger partial charge in [0.25, 0.3) is 0 Å². The second kappa shape index (κ2) is 5.18. The fraction of sp³-hybridized carbons (Fsp3) is 0.0769. The first-order valence-electron chi connectivity index (χ1n) is 5.27. The first-order valence-corrected chi connectivity index (χ1v) is 5.27. The van der Waals surface area contributed by atoms with Gasteiger partial charge in [0.2, 0.25) is 0 Å². The van der Waals surface area contributed by atoms with Gasteiger partial charge in [-0.05, 0) is 18.2 Å². The first-order chi connectivity index (χ1) is 8.70. The molecule has 1 heterocycles. The summed E-state index contributed by atoms with van der Waals surface area (Å²) >= 11 is 0. The number of methoxy groups -OCH3 is 1. The Morgan fingerprint density at radius 1 is 1.28 bits per heavy atom. The number of carbonyl (C=O) groups is 1. The molecule has 0 aliphatic heterocycles. The average Bonchev–Trinajstić information content (AvgIpc) is 2.41. The normalized spacial score (nSPS) is 9.83. The quantitative estimate of drug-likeness (QED) is 0.838. The predicted molar refractivity (Wildman–Crippen MR) is 66.5 cm³/mol. The van der Waals surface area contributed by atoms with E-state index in [2.05, 4.69) is 9.72 Å². The van der Waals surface area contributed by atoms with Gasteiger partial charge in [-0.3, -0.25) is 0 Å². The van der Waals surface area contributed by atoms with Gasteiger partial charge in [0.1, 0.15) is 17.1 Å². The van der Waals surface area contributed by atoms with Crippen LogP contribution in [0.3, 0.4) is 0 Å². The van der Waals surface area contributed by atoms with Crippen LogP contribution in [0.2, 0.25) is 0 Å².